The van der Waals surface area contributed by atoms with Gasteiger partial charge in [-0.15, -0.1) is 0 Å². The van der Waals surface area contributed by atoms with E-state index in [0.717, 1.165) is 0 Å². The van der Waals surface area contributed by atoms with E-state index in [1.165, 1.54) is 6.07 Å². The minimum absolute atomic E-state index is 0.0198. The Hall–Kier alpha value is -3.67. The van der Waals surface area contributed by atoms with E-state index >= 15 is 0 Å². The summed E-state index contributed by atoms with van der Waals surface area (Å²) >= 11 is 0. The van der Waals surface area contributed by atoms with Gasteiger partial charge in [0.15, 0.2) is 11.3 Å². The number of phenolic OH excluding ortho intramolecular Hbond substituents is 2. The van der Waals surface area contributed by atoms with Gasteiger partial charge in [0.25, 0.3) is 0 Å². The van der Waals surface area contributed by atoms with Crippen LogP contribution in [0.4, 0.5) is 0 Å². The molecule has 0 aliphatic heterocycles. The number of rotatable bonds is 2. The Kier molecular flexibility index (Phi) is 4.71. The van der Waals surface area contributed by atoms with Gasteiger partial charge in [0.1, 0.15) is 17.0 Å². The van der Waals surface area contributed by atoms with Gasteiger partial charge in [0.2, 0.25) is 0 Å². The highest BCUT2D eigenvalue weighted by Crippen LogP contribution is 2.19. The third-order valence-electron chi connectivity index (χ3n) is 3.51. The molecule has 0 aliphatic carbocycles. The third kappa shape index (κ3) is 3.64. The number of phenols is 2. The summed E-state index contributed by atoms with van der Waals surface area (Å²) in [4.78, 5) is 11.9. The van der Waals surface area contributed by atoms with Crippen molar-refractivity contribution in [3.63, 3.8) is 0 Å². The van der Waals surface area contributed by atoms with Crippen molar-refractivity contribution >= 4 is 16.8 Å². The van der Waals surface area contributed by atoms with E-state index in [2.05, 4.69) is 15.4 Å². The largest absolute Gasteiger partial charge is 0.507 e. The molecule has 124 valence electrons. The number of benzene rings is 3. The van der Waals surface area contributed by atoms with Gasteiger partial charge in [-0.1, -0.05) is 48.5 Å². The van der Waals surface area contributed by atoms with Crippen LogP contribution in [-0.2, 0) is 0 Å². The topological polar surface area (TPSA) is 99.1 Å². The normalized spacial score (nSPS) is 10.1. The fourth-order valence-corrected chi connectivity index (χ4v) is 2.26. The molecule has 0 aliphatic rings. The molecule has 0 radical (unpaired) electrons. The smallest absolute Gasteiger partial charge is 0.196 e. The molecule has 6 heteroatoms. The van der Waals surface area contributed by atoms with Gasteiger partial charge in [-0.3, -0.25) is 4.79 Å². The number of aromatic nitrogens is 3. The summed E-state index contributed by atoms with van der Waals surface area (Å²) in [6.07, 6.45) is 0. The van der Waals surface area contributed by atoms with E-state index in [0.29, 0.717) is 22.2 Å². The summed E-state index contributed by atoms with van der Waals surface area (Å²) in [6, 6.07) is 20.5. The van der Waals surface area contributed by atoms with Crippen molar-refractivity contribution in [2.45, 2.75) is 0 Å². The van der Waals surface area contributed by atoms with E-state index in [9.17, 15) is 9.90 Å². The van der Waals surface area contributed by atoms with E-state index in [1.54, 1.807) is 60.7 Å². The Morgan fingerprint density at radius 3 is 2.16 bits per heavy atom. The molecule has 3 aromatic carbocycles. The fourth-order valence-electron chi connectivity index (χ4n) is 2.26. The number of nitrogens with one attached hydrogen (secondary N) is 1. The summed E-state index contributed by atoms with van der Waals surface area (Å²) in [5.41, 5.74) is 2.12. The molecular formula is C19H15N3O3. The first kappa shape index (κ1) is 16.2. The molecule has 1 heterocycles. The SMILES string of the molecule is O=C(c1ccccc1)c1ccccc1O.Oc1cccc2n[nH]nc12. The highest BCUT2D eigenvalue weighted by Gasteiger charge is 2.11. The number of para-hydroxylation sites is 2. The minimum atomic E-state index is -0.159. The number of ketones is 1. The zero-order valence-electron chi connectivity index (χ0n) is 13.1. The quantitative estimate of drug-likeness (QED) is 0.489. The first-order chi connectivity index (χ1) is 12.2. The second-order valence-electron chi connectivity index (χ2n) is 5.18. The summed E-state index contributed by atoms with van der Waals surface area (Å²) < 4.78 is 0. The van der Waals surface area contributed by atoms with E-state index in [-0.39, 0.29) is 17.3 Å². The number of hydrogen-bond donors (Lipinski definition) is 3. The summed E-state index contributed by atoms with van der Waals surface area (Å²) in [5.74, 6) is 0.0197. The molecule has 4 rings (SSSR count). The molecule has 0 spiro atoms. The highest BCUT2D eigenvalue weighted by atomic mass is 16.3. The number of H-pyrrole nitrogens is 1. The van der Waals surface area contributed by atoms with Gasteiger partial charge in [-0.25, -0.2) is 0 Å². The molecular weight excluding hydrogens is 318 g/mol. The van der Waals surface area contributed by atoms with Crippen LogP contribution in [0.25, 0.3) is 11.0 Å². The van der Waals surface area contributed by atoms with Crippen LogP contribution in [0.5, 0.6) is 11.5 Å². The number of fused-ring (bicyclic) bond motifs is 1. The molecule has 4 aromatic rings. The Morgan fingerprint density at radius 2 is 1.44 bits per heavy atom. The van der Waals surface area contributed by atoms with Gasteiger partial charge in [-0.05, 0) is 24.3 Å². The molecule has 0 amide bonds. The predicted octanol–water partition coefficient (Wildman–Crippen LogP) is 3.29. The number of aromatic hydroxyl groups is 2. The molecule has 25 heavy (non-hydrogen) atoms. The van der Waals surface area contributed by atoms with Gasteiger partial charge < -0.3 is 10.2 Å². The van der Waals surface area contributed by atoms with Crippen molar-refractivity contribution in [3.05, 3.63) is 83.9 Å². The molecule has 0 atom stereocenters. The van der Waals surface area contributed by atoms with E-state index < -0.39 is 0 Å². The van der Waals surface area contributed by atoms with Crippen molar-refractivity contribution in [2.24, 2.45) is 0 Å². The van der Waals surface area contributed by atoms with E-state index in [1.807, 2.05) is 6.07 Å². The standard InChI is InChI=1S/C13H10O2.C6H5N3O/c14-12-9-5-4-8-11(12)13(15)10-6-2-1-3-7-10;10-5-3-1-2-4-6(5)8-9-7-4/h1-9,14H;1-3,10H,(H,7,8,9). The van der Waals surface area contributed by atoms with Crippen LogP contribution in [0.1, 0.15) is 15.9 Å². The summed E-state index contributed by atoms with van der Waals surface area (Å²) in [6.45, 7) is 0. The lowest BCUT2D eigenvalue weighted by Gasteiger charge is -2.02. The van der Waals surface area contributed by atoms with Crippen molar-refractivity contribution in [1.82, 2.24) is 15.4 Å². The van der Waals surface area contributed by atoms with Gasteiger partial charge in [-0.2, -0.15) is 15.4 Å². The number of carbonyl (C=O) groups excluding carboxylic acids is 1. The van der Waals surface area contributed by atoms with Crippen molar-refractivity contribution < 1.29 is 15.0 Å². The molecule has 3 N–H and O–H groups in total. The fraction of sp³-hybridized carbons (Fsp3) is 0. The Balaban J connectivity index is 0.000000157. The zero-order chi connectivity index (χ0) is 17.6. The summed E-state index contributed by atoms with van der Waals surface area (Å²) in [5, 5.41) is 28.6. The molecule has 6 nitrogen and oxygen atoms in total. The lowest BCUT2D eigenvalue weighted by Crippen LogP contribution is -2.00. The lowest BCUT2D eigenvalue weighted by atomic mass is 10.0. The maximum Gasteiger partial charge on any atom is 0.196 e. The van der Waals surface area contributed by atoms with Crippen LogP contribution in [0, 0.1) is 0 Å². The number of nitrogens with zero attached hydrogens (tertiary/aromatic N) is 2. The number of carbonyl (C=O) groups is 1. The minimum Gasteiger partial charge on any atom is -0.507 e. The Morgan fingerprint density at radius 1 is 0.760 bits per heavy atom. The second kappa shape index (κ2) is 7.27. The molecule has 0 saturated heterocycles. The van der Waals surface area contributed by atoms with Crippen LogP contribution < -0.4 is 0 Å². The van der Waals surface area contributed by atoms with Crippen LogP contribution in [0.15, 0.2) is 72.8 Å². The number of hydrogen-bond acceptors (Lipinski definition) is 5. The zero-order valence-corrected chi connectivity index (χ0v) is 13.1. The van der Waals surface area contributed by atoms with E-state index in [4.69, 9.17) is 5.11 Å². The lowest BCUT2D eigenvalue weighted by molar-refractivity contribution is 0.103. The van der Waals surface area contributed by atoms with Gasteiger partial charge in [0.05, 0.1) is 5.56 Å². The summed E-state index contributed by atoms with van der Waals surface area (Å²) in [7, 11) is 0. The van der Waals surface area contributed by atoms with Crippen LogP contribution in [0.2, 0.25) is 0 Å². The van der Waals surface area contributed by atoms with Crippen molar-refractivity contribution in [3.8, 4) is 11.5 Å². The molecule has 1 aromatic heterocycles. The first-order valence-corrected chi connectivity index (χ1v) is 7.53. The average molecular weight is 333 g/mol. The average Bonchev–Trinajstić information content (AvgIpc) is 3.13. The molecule has 0 unspecified atom stereocenters. The first-order valence-electron chi connectivity index (χ1n) is 7.53. The highest BCUT2D eigenvalue weighted by molar-refractivity contribution is 6.10. The van der Waals surface area contributed by atoms with Crippen molar-refractivity contribution in [2.75, 3.05) is 0 Å². The Bertz CT molecular complexity index is 997. The monoisotopic (exact) mass is 333 g/mol. The van der Waals surface area contributed by atoms with Crippen molar-refractivity contribution in [1.29, 1.82) is 0 Å². The second-order valence-corrected chi connectivity index (χ2v) is 5.18. The van der Waals surface area contributed by atoms with Gasteiger partial charge in [0, 0.05) is 5.56 Å². The molecule has 0 bridgehead atoms. The maximum absolute atomic E-state index is 11.9. The predicted molar refractivity (Wildman–Crippen MR) is 93.5 cm³/mol. The molecule has 0 fully saturated rings. The van der Waals surface area contributed by atoms with Crippen LogP contribution >= 0.6 is 0 Å². The van der Waals surface area contributed by atoms with Crippen LogP contribution in [-0.4, -0.2) is 31.4 Å². The van der Waals surface area contributed by atoms with Gasteiger partial charge >= 0.3 is 0 Å². The molecule has 0 saturated carbocycles. The number of aromatic amines is 1. The maximum atomic E-state index is 11.9. The Labute approximate surface area is 143 Å². The third-order valence-corrected chi connectivity index (χ3v) is 3.51. The van der Waals surface area contributed by atoms with Crippen LogP contribution in [0.3, 0.4) is 0 Å².